The van der Waals surface area contributed by atoms with E-state index in [1.165, 1.54) is 0 Å². The topological polar surface area (TPSA) is 81.1 Å². The van der Waals surface area contributed by atoms with Gasteiger partial charge in [-0.05, 0) is 19.1 Å². The zero-order valence-electron chi connectivity index (χ0n) is 9.46. The first-order valence-electron chi connectivity index (χ1n) is 5.26. The maximum Gasteiger partial charge on any atom is 0.246 e. The standard InChI is InChI=1S/C10H9ClN6O/c1-6-13-9(18-16-6)4-12-10-14-8-3-2-7(11)5-17(8)15-10/h2-3,5H,4H2,1H3,(H,12,15). The summed E-state index contributed by atoms with van der Waals surface area (Å²) < 4.78 is 6.57. The highest BCUT2D eigenvalue weighted by Crippen LogP contribution is 2.11. The summed E-state index contributed by atoms with van der Waals surface area (Å²) in [5.74, 6) is 1.57. The van der Waals surface area contributed by atoms with Gasteiger partial charge in [-0.25, -0.2) is 4.52 Å². The van der Waals surface area contributed by atoms with E-state index in [9.17, 15) is 0 Å². The van der Waals surface area contributed by atoms with E-state index in [4.69, 9.17) is 16.1 Å². The Morgan fingerprint density at radius 1 is 1.39 bits per heavy atom. The third-order valence-corrected chi connectivity index (χ3v) is 2.49. The molecule has 1 N–H and O–H groups in total. The predicted octanol–water partition coefficient (Wildman–Crippen LogP) is 1.69. The van der Waals surface area contributed by atoms with Crippen LogP contribution in [0, 0.1) is 6.92 Å². The summed E-state index contributed by atoms with van der Waals surface area (Å²) in [4.78, 5) is 8.34. The Morgan fingerprint density at radius 2 is 2.28 bits per heavy atom. The molecule has 8 heteroatoms. The van der Waals surface area contributed by atoms with E-state index in [1.54, 1.807) is 29.8 Å². The van der Waals surface area contributed by atoms with Crippen molar-refractivity contribution < 1.29 is 4.52 Å². The van der Waals surface area contributed by atoms with Crippen molar-refractivity contribution in [3.05, 3.63) is 35.1 Å². The van der Waals surface area contributed by atoms with Crippen LogP contribution in [-0.2, 0) is 6.54 Å². The molecule has 3 rings (SSSR count). The number of halogens is 1. The second-order valence-corrected chi connectivity index (χ2v) is 4.11. The van der Waals surface area contributed by atoms with Crippen molar-refractivity contribution >= 4 is 23.2 Å². The molecule has 3 heterocycles. The van der Waals surface area contributed by atoms with Crippen molar-refractivity contribution in [2.75, 3.05) is 5.32 Å². The Kier molecular flexibility index (Phi) is 2.60. The molecule has 0 bridgehead atoms. The maximum absolute atomic E-state index is 5.86. The monoisotopic (exact) mass is 264 g/mol. The fourth-order valence-corrected chi connectivity index (χ4v) is 1.65. The molecule has 0 atom stereocenters. The molecule has 0 fully saturated rings. The normalized spacial score (nSPS) is 11.0. The van der Waals surface area contributed by atoms with Crippen LogP contribution in [-0.4, -0.2) is 24.7 Å². The van der Waals surface area contributed by atoms with Crippen molar-refractivity contribution in [2.45, 2.75) is 13.5 Å². The first kappa shape index (κ1) is 11.0. The molecule has 0 saturated carbocycles. The van der Waals surface area contributed by atoms with Crippen molar-refractivity contribution in [1.29, 1.82) is 0 Å². The Labute approximate surface area is 107 Å². The molecule has 0 amide bonds. The summed E-state index contributed by atoms with van der Waals surface area (Å²) in [5, 5.41) is 11.5. The first-order chi connectivity index (χ1) is 8.70. The molecular formula is C10H9ClN6O. The highest BCUT2D eigenvalue weighted by Gasteiger charge is 2.06. The van der Waals surface area contributed by atoms with E-state index in [1.807, 2.05) is 0 Å². The second kappa shape index (κ2) is 4.26. The van der Waals surface area contributed by atoms with E-state index >= 15 is 0 Å². The summed E-state index contributed by atoms with van der Waals surface area (Å²) in [6.45, 7) is 2.14. The SMILES string of the molecule is Cc1noc(CNc2nc3ccc(Cl)cn3n2)n1. The van der Waals surface area contributed by atoms with Crippen molar-refractivity contribution in [2.24, 2.45) is 0 Å². The number of fused-ring (bicyclic) bond motifs is 1. The zero-order valence-corrected chi connectivity index (χ0v) is 10.2. The molecule has 0 radical (unpaired) electrons. The van der Waals surface area contributed by atoms with Crippen LogP contribution in [0.3, 0.4) is 0 Å². The molecule has 0 aliphatic heterocycles. The lowest BCUT2D eigenvalue weighted by Gasteiger charge is -1.94. The van der Waals surface area contributed by atoms with Gasteiger partial charge in [0.15, 0.2) is 11.5 Å². The molecule has 3 aromatic heterocycles. The summed E-state index contributed by atoms with van der Waals surface area (Å²) in [5.41, 5.74) is 0.712. The van der Waals surface area contributed by atoms with Crippen LogP contribution in [0.5, 0.6) is 0 Å². The van der Waals surface area contributed by atoms with Crippen LogP contribution in [0.15, 0.2) is 22.9 Å². The fraction of sp³-hybridized carbons (Fsp3) is 0.200. The number of nitrogens with one attached hydrogen (secondary N) is 1. The number of anilines is 1. The average molecular weight is 265 g/mol. The molecule has 0 unspecified atom stereocenters. The summed E-state index contributed by atoms with van der Waals surface area (Å²) in [7, 11) is 0. The average Bonchev–Trinajstić information content (AvgIpc) is 2.92. The van der Waals surface area contributed by atoms with Crippen LogP contribution < -0.4 is 5.32 Å². The molecular weight excluding hydrogens is 256 g/mol. The molecule has 0 aliphatic rings. The third-order valence-electron chi connectivity index (χ3n) is 2.26. The van der Waals surface area contributed by atoms with Gasteiger partial charge in [0.1, 0.15) is 0 Å². The lowest BCUT2D eigenvalue weighted by atomic mass is 10.5. The van der Waals surface area contributed by atoms with Gasteiger partial charge in [0.2, 0.25) is 11.8 Å². The first-order valence-corrected chi connectivity index (χ1v) is 5.63. The summed E-state index contributed by atoms with van der Waals surface area (Å²) in [6.07, 6.45) is 1.69. The Bertz CT molecular complexity index is 691. The minimum atomic E-state index is 0.380. The van der Waals surface area contributed by atoms with E-state index in [-0.39, 0.29) is 0 Å². The summed E-state index contributed by atoms with van der Waals surface area (Å²) >= 11 is 5.86. The highest BCUT2D eigenvalue weighted by atomic mass is 35.5. The van der Waals surface area contributed by atoms with Gasteiger partial charge in [0, 0.05) is 6.20 Å². The molecule has 92 valence electrons. The quantitative estimate of drug-likeness (QED) is 0.775. The molecule has 0 aromatic carbocycles. The van der Waals surface area contributed by atoms with Gasteiger partial charge in [0.25, 0.3) is 0 Å². The van der Waals surface area contributed by atoms with E-state index in [0.29, 0.717) is 34.9 Å². The van der Waals surface area contributed by atoms with Crippen LogP contribution in [0.2, 0.25) is 5.02 Å². The van der Waals surface area contributed by atoms with E-state index < -0.39 is 0 Å². The molecule has 0 saturated heterocycles. The number of nitrogens with zero attached hydrogens (tertiary/aromatic N) is 5. The van der Waals surface area contributed by atoms with Crippen molar-refractivity contribution in [1.82, 2.24) is 24.7 Å². The number of hydrogen-bond donors (Lipinski definition) is 1. The molecule has 0 spiro atoms. The van der Waals surface area contributed by atoms with Crippen LogP contribution >= 0.6 is 11.6 Å². The van der Waals surface area contributed by atoms with E-state index in [2.05, 4.69) is 25.5 Å². The van der Waals surface area contributed by atoms with E-state index in [0.717, 1.165) is 0 Å². The second-order valence-electron chi connectivity index (χ2n) is 3.67. The lowest BCUT2D eigenvalue weighted by Crippen LogP contribution is -2.01. The minimum absolute atomic E-state index is 0.380. The number of aryl methyl sites for hydroxylation is 1. The molecule has 0 aliphatic carbocycles. The molecule has 18 heavy (non-hydrogen) atoms. The Hall–Kier alpha value is -2.15. The van der Waals surface area contributed by atoms with Gasteiger partial charge in [-0.2, -0.15) is 9.97 Å². The van der Waals surface area contributed by atoms with Crippen molar-refractivity contribution in [3.63, 3.8) is 0 Å². The predicted molar refractivity (Wildman–Crippen MR) is 64.4 cm³/mol. The zero-order chi connectivity index (χ0) is 12.5. The number of pyridine rings is 1. The summed E-state index contributed by atoms with van der Waals surface area (Å²) in [6, 6.07) is 3.55. The number of aromatic nitrogens is 5. The van der Waals surface area contributed by atoms with Crippen LogP contribution in [0.1, 0.15) is 11.7 Å². The van der Waals surface area contributed by atoms with Gasteiger partial charge in [-0.3, -0.25) is 0 Å². The highest BCUT2D eigenvalue weighted by molar-refractivity contribution is 6.30. The Balaban J connectivity index is 1.78. The van der Waals surface area contributed by atoms with Gasteiger partial charge in [0.05, 0.1) is 11.6 Å². The number of hydrogen-bond acceptors (Lipinski definition) is 6. The fourth-order valence-electron chi connectivity index (χ4n) is 1.50. The smallest absolute Gasteiger partial charge is 0.246 e. The Morgan fingerprint density at radius 3 is 3.06 bits per heavy atom. The van der Waals surface area contributed by atoms with Gasteiger partial charge < -0.3 is 9.84 Å². The van der Waals surface area contributed by atoms with Crippen LogP contribution in [0.25, 0.3) is 5.65 Å². The van der Waals surface area contributed by atoms with Gasteiger partial charge >= 0.3 is 0 Å². The minimum Gasteiger partial charge on any atom is -0.344 e. The molecule has 7 nitrogen and oxygen atoms in total. The molecule has 3 aromatic rings. The van der Waals surface area contributed by atoms with Gasteiger partial charge in [-0.1, -0.05) is 16.8 Å². The van der Waals surface area contributed by atoms with Crippen LogP contribution in [0.4, 0.5) is 5.95 Å². The lowest BCUT2D eigenvalue weighted by molar-refractivity contribution is 0.379. The largest absolute Gasteiger partial charge is 0.344 e. The third kappa shape index (κ3) is 2.12. The van der Waals surface area contributed by atoms with Gasteiger partial charge in [-0.15, -0.1) is 5.10 Å². The van der Waals surface area contributed by atoms with Crippen molar-refractivity contribution in [3.8, 4) is 0 Å². The number of rotatable bonds is 3. The maximum atomic E-state index is 5.86.